The number of ether oxygens (including phenoxy) is 1. The van der Waals surface area contributed by atoms with Gasteiger partial charge in [-0.15, -0.1) is 0 Å². The predicted octanol–water partition coefficient (Wildman–Crippen LogP) is 4.57. The molecule has 0 heterocycles. The van der Waals surface area contributed by atoms with Crippen LogP contribution in [0.15, 0.2) is 97.3 Å². The van der Waals surface area contributed by atoms with Crippen LogP contribution in [-0.2, 0) is 33.4 Å². The summed E-state index contributed by atoms with van der Waals surface area (Å²) in [5.74, 6) is 0.283. The number of hydrogen-bond acceptors (Lipinski definition) is 8. The minimum absolute atomic E-state index is 0.0996. The van der Waals surface area contributed by atoms with Crippen LogP contribution in [0.5, 0.6) is 5.75 Å². The van der Waals surface area contributed by atoms with E-state index in [1.54, 1.807) is 0 Å². The van der Waals surface area contributed by atoms with Crippen molar-refractivity contribution in [2.45, 2.75) is 30.0 Å². The highest BCUT2D eigenvalue weighted by atomic mass is 32.3. The Morgan fingerprint density at radius 1 is 0.622 bits per heavy atom. The lowest BCUT2D eigenvalue weighted by molar-refractivity contribution is -0.0496. The first-order chi connectivity index (χ1) is 16.9. The molecule has 0 aromatic heterocycles. The van der Waals surface area contributed by atoms with Gasteiger partial charge < -0.3 is 4.74 Å². The van der Waals surface area contributed by atoms with Gasteiger partial charge in [0.15, 0.2) is 19.7 Å². The van der Waals surface area contributed by atoms with Gasteiger partial charge >= 0.3 is 15.6 Å². The van der Waals surface area contributed by atoms with E-state index in [9.17, 15) is 38.4 Å². The van der Waals surface area contributed by atoms with Crippen LogP contribution in [-0.4, -0.2) is 50.4 Å². The van der Waals surface area contributed by atoms with E-state index >= 15 is 0 Å². The number of hydrogen-bond donors (Lipinski definition) is 0. The van der Waals surface area contributed by atoms with Crippen molar-refractivity contribution in [3.05, 3.63) is 72.8 Å². The molecule has 3 aromatic carbocycles. The summed E-state index contributed by atoms with van der Waals surface area (Å²) in [6.45, 7) is 0. The van der Waals surface area contributed by atoms with E-state index in [4.69, 9.17) is 8.37 Å². The SMILES string of the molecule is COc1ccc(S(OS(=O)(=O)C(F)(F)F)(c2cccc(S(C)(=O)=O)c2)c2cccc(S(C)(=O)=O)c2)cc1. The third kappa shape index (κ3) is 5.95. The minimum Gasteiger partial charge on any atom is -0.497 e. The molecule has 0 N–H and O–H groups in total. The van der Waals surface area contributed by atoms with Crippen LogP contribution in [0.4, 0.5) is 13.2 Å². The zero-order valence-electron chi connectivity index (χ0n) is 19.5. The van der Waals surface area contributed by atoms with Crippen LogP contribution < -0.4 is 4.74 Å². The Morgan fingerprint density at radius 3 is 1.38 bits per heavy atom. The zero-order chi connectivity index (χ0) is 27.9. The maximum atomic E-state index is 13.7. The highest BCUT2D eigenvalue weighted by Crippen LogP contribution is 2.71. The second kappa shape index (κ2) is 9.94. The third-order valence-corrected chi connectivity index (χ3v) is 12.1. The molecular formula is C22H21F3O8S4. The molecule has 0 spiro atoms. The Bertz CT molecular complexity index is 1560. The van der Waals surface area contributed by atoms with E-state index in [0.29, 0.717) is 0 Å². The largest absolute Gasteiger partial charge is 0.524 e. The molecule has 0 amide bonds. The van der Waals surface area contributed by atoms with Gasteiger partial charge in [0, 0.05) is 27.2 Å². The fraction of sp³-hybridized carbons (Fsp3) is 0.182. The maximum Gasteiger partial charge on any atom is 0.524 e. The number of sulfone groups is 2. The topological polar surface area (TPSA) is 121 Å². The quantitative estimate of drug-likeness (QED) is 0.346. The van der Waals surface area contributed by atoms with Crippen LogP contribution in [0.2, 0.25) is 0 Å². The molecule has 37 heavy (non-hydrogen) atoms. The van der Waals surface area contributed by atoms with E-state index in [-0.39, 0.29) is 30.2 Å². The van der Waals surface area contributed by atoms with Gasteiger partial charge in [-0.05, 0) is 71.0 Å². The molecule has 0 fully saturated rings. The molecule has 0 aliphatic carbocycles. The number of benzene rings is 3. The standard InChI is InChI=1S/C22H21F3O8S4/c1-32-16-10-12-17(13-11-16)36(33-37(30,31)22(23,24)25,20-8-4-6-18(14-20)34(2,26)27)21-9-5-7-19(15-21)35(3,28)29/h4-15H,1-3H3. The maximum absolute atomic E-state index is 13.7. The van der Waals surface area contributed by atoms with Crippen molar-refractivity contribution in [3.63, 3.8) is 0 Å². The van der Waals surface area contributed by atoms with Gasteiger partial charge in [-0.25, -0.2) is 16.8 Å². The molecule has 3 aromatic rings. The Kier molecular flexibility index (Phi) is 7.79. The van der Waals surface area contributed by atoms with Crippen LogP contribution in [0.25, 0.3) is 0 Å². The average molecular weight is 599 g/mol. The van der Waals surface area contributed by atoms with E-state index in [0.717, 1.165) is 24.6 Å². The normalized spacial score (nSPS) is 13.8. The molecule has 3 rings (SSSR count). The molecule has 0 saturated heterocycles. The van der Waals surface area contributed by atoms with E-state index < -0.39 is 45.6 Å². The molecule has 8 nitrogen and oxygen atoms in total. The van der Waals surface area contributed by atoms with Crippen molar-refractivity contribution >= 4 is 40.1 Å². The lowest BCUT2D eigenvalue weighted by Gasteiger charge is -2.39. The lowest BCUT2D eigenvalue weighted by Crippen LogP contribution is -2.27. The van der Waals surface area contributed by atoms with Gasteiger partial charge in [-0.3, -0.25) is 0 Å². The molecule has 15 heteroatoms. The van der Waals surface area contributed by atoms with Gasteiger partial charge in [0.05, 0.1) is 16.9 Å². The highest BCUT2D eigenvalue weighted by Gasteiger charge is 2.52. The molecule has 0 radical (unpaired) electrons. The van der Waals surface area contributed by atoms with Crippen molar-refractivity contribution in [3.8, 4) is 5.75 Å². The van der Waals surface area contributed by atoms with E-state index in [1.165, 1.54) is 67.8 Å². The van der Waals surface area contributed by atoms with Crippen molar-refractivity contribution in [1.82, 2.24) is 0 Å². The van der Waals surface area contributed by atoms with E-state index in [2.05, 4.69) is 0 Å². The third-order valence-electron chi connectivity index (χ3n) is 5.00. The summed E-state index contributed by atoms with van der Waals surface area (Å²) in [6.07, 6.45) is 1.74. The molecule has 0 aliphatic rings. The summed E-state index contributed by atoms with van der Waals surface area (Å²) in [6, 6.07) is 14.5. The lowest BCUT2D eigenvalue weighted by atomic mass is 10.3. The molecule has 0 bridgehead atoms. The number of halogens is 3. The van der Waals surface area contributed by atoms with Gasteiger partial charge in [0.25, 0.3) is 0 Å². The Balaban J connectivity index is 2.55. The van der Waals surface area contributed by atoms with Crippen molar-refractivity contribution < 1.29 is 46.8 Å². The summed E-state index contributed by atoms with van der Waals surface area (Å²) in [5.41, 5.74) is -5.85. The smallest absolute Gasteiger partial charge is 0.497 e. The number of methoxy groups -OCH3 is 1. The van der Waals surface area contributed by atoms with Crippen LogP contribution in [0.1, 0.15) is 0 Å². The fourth-order valence-corrected chi connectivity index (χ4v) is 9.50. The molecule has 0 atom stereocenters. The first-order valence-corrected chi connectivity index (χ1v) is 16.8. The summed E-state index contributed by atoms with van der Waals surface area (Å²) in [4.78, 5) is -1.21. The number of rotatable bonds is 8. The minimum atomic E-state index is -6.31. The second-order valence-electron chi connectivity index (χ2n) is 7.69. The van der Waals surface area contributed by atoms with Gasteiger partial charge in [0.1, 0.15) is 5.75 Å². The first-order valence-electron chi connectivity index (χ1n) is 10.0. The molecule has 202 valence electrons. The molecular weight excluding hydrogens is 577 g/mol. The zero-order valence-corrected chi connectivity index (χ0v) is 22.7. The van der Waals surface area contributed by atoms with Crippen molar-refractivity contribution in [2.75, 3.05) is 19.6 Å². The summed E-state index contributed by atoms with van der Waals surface area (Å²) < 4.78 is 125. The molecule has 0 unspecified atom stereocenters. The number of alkyl halides is 3. The summed E-state index contributed by atoms with van der Waals surface area (Å²) in [7, 11) is -16.7. The monoisotopic (exact) mass is 598 g/mol. The summed E-state index contributed by atoms with van der Waals surface area (Å²) in [5, 5.41) is 0. The Hall–Kier alpha value is -2.59. The molecule has 0 saturated carbocycles. The Labute approximate surface area is 214 Å². The van der Waals surface area contributed by atoms with Crippen LogP contribution in [0, 0.1) is 0 Å². The fourth-order valence-electron chi connectivity index (χ4n) is 3.23. The molecule has 0 aliphatic heterocycles. The predicted molar refractivity (Wildman–Crippen MR) is 131 cm³/mol. The van der Waals surface area contributed by atoms with Crippen molar-refractivity contribution in [2.24, 2.45) is 0 Å². The van der Waals surface area contributed by atoms with Crippen LogP contribution >= 0.6 is 10.3 Å². The Morgan fingerprint density at radius 2 is 1.03 bits per heavy atom. The van der Waals surface area contributed by atoms with Crippen molar-refractivity contribution in [1.29, 1.82) is 0 Å². The first kappa shape index (κ1) is 29.0. The van der Waals surface area contributed by atoms with E-state index in [1.807, 2.05) is 0 Å². The van der Waals surface area contributed by atoms with Gasteiger partial charge in [-0.2, -0.15) is 25.2 Å². The van der Waals surface area contributed by atoms with Gasteiger partial charge in [0.2, 0.25) is 0 Å². The summed E-state index contributed by atoms with van der Waals surface area (Å²) >= 11 is 0. The average Bonchev–Trinajstić information content (AvgIpc) is 2.81. The highest BCUT2D eigenvalue weighted by molar-refractivity contribution is 8.33. The van der Waals surface area contributed by atoms with Gasteiger partial charge in [-0.1, -0.05) is 12.1 Å². The second-order valence-corrected chi connectivity index (χ2v) is 16.2. The van der Waals surface area contributed by atoms with Crippen LogP contribution in [0.3, 0.4) is 0 Å².